The number of hydrogen-bond acceptors (Lipinski definition) is 5. The molecule has 0 saturated heterocycles. The molecule has 0 radical (unpaired) electrons. The average molecular weight is 495 g/mol. The Labute approximate surface area is 197 Å². The second kappa shape index (κ2) is 9.09. The topological polar surface area (TPSA) is 85.4 Å². The van der Waals surface area contributed by atoms with Crippen LogP contribution in [0.15, 0.2) is 65.7 Å². The summed E-state index contributed by atoms with van der Waals surface area (Å²) in [4.78, 5) is 16.4. The number of aromatic nitrogens is 1. The van der Waals surface area contributed by atoms with Gasteiger partial charge < -0.3 is 10.1 Å². The van der Waals surface area contributed by atoms with E-state index in [9.17, 15) is 26.4 Å². The number of rotatable bonds is 5. The molecule has 34 heavy (non-hydrogen) atoms. The minimum absolute atomic E-state index is 0. The summed E-state index contributed by atoms with van der Waals surface area (Å²) >= 11 is 0. The Bertz CT molecular complexity index is 1340. The van der Waals surface area contributed by atoms with Crippen molar-refractivity contribution < 1.29 is 32.5 Å². The molecule has 3 aromatic rings. The molecule has 3 rings (SSSR count). The van der Waals surface area contributed by atoms with Crippen LogP contribution < -0.4 is 10.1 Å². The fourth-order valence-electron chi connectivity index (χ4n) is 3.07. The summed E-state index contributed by atoms with van der Waals surface area (Å²) in [6.45, 7) is 5.73. The van der Waals surface area contributed by atoms with Crippen LogP contribution in [0.5, 0.6) is 11.5 Å². The number of amides is 1. The number of hydrogen-bond donors (Lipinski definition) is 1. The van der Waals surface area contributed by atoms with Crippen LogP contribution in [-0.2, 0) is 21.4 Å². The highest BCUT2D eigenvalue weighted by molar-refractivity contribution is 7.90. The highest BCUT2D eigenvalue weighted by atomic mass is 32.2. The predicted molar refractivity (Wildman–Crippen MR) is 124 cm³/mol. The van der Waals surface area contributed by atoms with Gasteiger partial charge in [0, 0.05) is 19.6 Å². The monoisotopic (exact) mass is 494 g/mol. The molecule has 1 heterocycles. The van der Waals surface area contributed by atoms with E-state index in [1.807, 2.05) is 20.8 Å². The molecule has 0 fully saturated rings. The van der Waals surface area contributed by atoms with Crippen LogP contribution in [0.25, 0.3) is 0 Å². The van der Waals surface area contributed by atoms with Gasteiger partial charge >= 0.3 is 6.18 Å². The number of sulfone groups is 1. The molecule has 0 atom stereocenters. The van der Waals surface area contributed by atoms with Gasteiger partial charge in [0.15, 0.2) is 21.3 Å². The lowest BCUT2D eigenvalue weighted by molar-refractivity contribution is -0.142. The first-order valence-corrected chi connectivity index (χ1v) is 12.0. The zero-order valence-corrected chi connectivity index (χ0v) is 19.7. The highest BCUT2D eigenvalue weighted by Gasteiger charge is 2.36. The first kappa shape index (κ1) is 25.2. The molecular weight excluding hydrogens is 469 g/mol. The van der Waals surface area contributed by atoms with Gasteiger partial charge in [0.25, 0.3) is 5.91 Å². The summed E-state index contributed by atoms with van der Waals surface area (Å²) in [5.74, 6) is -1.32. The summed E-state index contributed by atoms with van der Waals surface area (Å²) < 4.78 is 69.5. The number of carbonyl (C=O) groups is 1. The smallest absolute Gasteiger partial charge is 0.437 e. The SMILES string of the molecule is CC(C)(C)c1ccc(C(=O)Nc2cccc(S(C)(=O)=O)c2)c(Oc2cccnc2C(F)(F)F)c1.[HH]. The van der Waals surface area contributed by atoms with Crippen molar-refractivity contribution in [3.05, 3.63) is 77.6 Å². The van der Waals surface area contributed by atoms with Crippen LogP contribution in [0.2, 0.25) is 0 Å². The summed E-state index contributed by atoms with van der Waals surface area (Å²) in [6, 6.07) is 12.7. The normalized spacial score (nSPS) is 12.3. The molecule has 1 N–H and O–H groups in total. The average Bonchev–Trinajstić information content (AvgIpc) is 2.72. The molecule has 10 heteroatoms. The molecule has 182 valence electrons. The van der Waals surface area contributed by atoms with Gasteiger partial charge in [0.2, 0.25) is 0 Å². The minimum Gasteiger partial charge on any atom is -0.454 e. The van der Waals surface area contributed by atoms with E-state index in [2.05, 4.69) is 10.3 Å². The van der Waals surface area contributed by atoms with E-state index in [1.165, 1.54) is 42.5 Å². The first-order valence-electron chi connectivity index (χ1n) is 10.1. The third-order valence-electron chi connectivity index (χ3n) is 4.87. The minimum atomic E-state index is -4.76. The second-order valence-electron chi connectivity index (χ2n) is 8.67. The first-order chi connectivity index (χ1) is 15.7. The zero-order valence-electron chi connectivity index (χ0n) is 18.9. The van der Waals surface area contributed by atoms with Crippen molar-refractivity contribution in [1.29, 1.82) is 0 Å². The third-order valence-corrected chi connectivity index (χ3v) is 5.98. The molecule has 0 unspecified atom stereocenters. The Balaban J connectivity index is 0.00000432. The van der Waals surface area contributed by atoms with E-state index >= 15 is 0 Å². The summed E-state index contributed by atoms with van der Waals surface area (Å²) in [6.07, 6.45) is -2.71. The lowest BCUT2D eigenvalue weighted by atomic mass is 9.86. The number of pyridine rings is 1. The fourth-order valence-corrected chi connectivity index (χ4v) is 3.73. The summed E-state index contributed by atoms with van der Waals surface area (Å²) in [7, 11) is -3.50. The number of carbonyl (C=O) groups excluding carboxylic acids is 1. The maximum atomic E-state index is 13.4. The standard InChI is InChI=1S/C24H23F3N2O4S.H2/c1-23(2,3)15-10-11-18(22(30)29-16-7-5-8-17(14-16)34(4,31)32)20(13-15)33-19-9-6-12-28-21(19)24(25,26)27;/h5-14H,1-4H3,(H,29,30);1H. The molecule has 0 aliphatic carbocycles. The van der Waals surface area contributed by atoms with Crippen molar-refractivity contribution in [2.45, 2.75) is 37.3 Å². The number of halogens is 3. The number of benzene rings is 2. The quantitative estimate of drug-likeness (QED) is 0.464. The number of ether oxygens (including phenoxy) is 1. The molecule has 0 saturated carbocycles. The van der Waals surface area contributed by atoms with E-state index in [-0.39, 0.29) is 28.7 Å². The fraction of sp³-hybridized carbons (Fsp3) is 0.250. The van der Waals surface area contributed by atoms with Crippen molar-refractivity contribution in [1.82, 2.24) is 4.98 Å². The third kappa shape index (κ3) is 5.93. The second-order valence-corrected chi connectivity index (χ2v) is 10.7. The zero-order chi connectivity index (χ0) is 25.3. The van der Waals surface area contributed by atoms with Crippen LogP contribution in [0.3, 0.4) is 0 Å². The Hall–Kier alpha value is -3.40. The largest absolute Gasteiger partial charge is 0.454 e. The van der Waals surface area contributed by atoms with Crippen LogP contribution in [0.1, 0.15) is 43.8 Å². The summed E-state index contributed by atoms with van der Waals surface area (Å²) in [5.41, 5.74) is -0.691. The van der Waals surface area contributed by atoms with Crippen molar-refractivity contribution >= 4 is 21.4 Å². The maximum Gasteiger partial charge on any atom is 0.437 e. The Kier molecular flexibility index (Phi) is 6.75. The van der Waals surface area contributed by atoms with Crippen LogP contribution in [-0.4, -0.2) is 25.6 Å². The van der Waals surface area contributed by atoms with Crippen LogP contribution in [0.4, 0.5) is 18.9 Å². The lowest BCUT2D eigenvalue weighted by Gasteiger charge is -2.22. The number of alkyl halides is 3. The molecule has 1 amide bonds. The number of anilines is 1. The number of nitrogens with zero attached hydrogens (tertiary/aromatic N) is 1. The van der Waals surface area contributed by atoms with Gasteiger partial charge in [-0.1, -0.05) is 32.9 Å². The molecule has 0 spiro atoms. The molecule has 0 aliphatic rings. The molecule has 6 nitrogen and oxygen atoms in total. The highest BCUT2D eigenvalue weighted by Crippen LogP contribution is 2.38. The van der Waals surface area contributed by atoms with E-state index in [1.54, 1.807) is 6.07 Å². The Morgan fingerprint density at radius 3 is 2.32 bits per heavy atom. The Morgan fingerprint density at radius 1 is 1.00 bits per heavy atom. The molecule has 0 bridgehead atoms. The molecule has 0 aliphatic heterocycles. The van der Waals surface area contributed by atoms with Gasteiger partial charge in [-0.2, -0.15) is 13.2 Å². The molecule has 1 aromatic heterocycles. The maximum absolute atomic E-state index is 13.4. The van der Waals surface area contributed by atoms with Gasteiger partial charge in [0.05, 0.1) is 10.5 Å². The van der Waals surface area contributed by atoms with E-state index < -0.39 is 33.4 Å². The van der Waals surface area contributed by atoms with Crippen molar-refractivity contribution in [2.75, 3.05) is 11.6 Å². The molecular formula is C24H25F3N2O4S. The van der Waals surface area contributed by atoms with Gasteiger partial charge in [-0.3, -0.25) is 4.79 Å². The van der Waals surface area contributed by atoms with Crippen LogP contribution in [0, 0.1) is 0 Å². The van der Waals surface area contributed by atoms with Gasteiger partial charge in [-0.25, -0.2) is 13.4 Å². The van der Waals surface area contributed by atoms with E-state index in [0.29, 0.717) is 0 Å². The van der Waals surface area contributed by atoms with Crippen molar-refractivity contribution in [3.63, 3.8) is 0 Å². The van der Waals surface area contributed by atoms with E-state index in [4.69, 9.17) is 4.74 Å². The van der Waals surface area contributed by atoms with Crippen molar-refractivity contribution in [2.24, 2.45) is 0 Å². The van der Waals surface area contributed by atoms with E-state index in [0.717, 1.165) is 24.1 Å². The van der Waals surface area contributed by atoms with Crippen LogP contribution >= 0.6 is 0 Å². The Morgan fingerprint density at radius 2 is 1.71 bits per heavy atom. The predicted octanol–water partition coefficient (Wildman–Crippen LogP) is 6.09. The molecule has 2 aromatic carbocycles. The lowest BCUT2D eigenvalue weighted by Crippen LogP contribution is -2.16. The van der Waals surface area contributed by atoms with Crippen molar-refractivity contribution in [3.8, 4) is 11.5 Å². The summed E-state index contributed by atoms with van der Waals surface area (Å²) in [5, 5.41) is 2.58. The number of nitrogens with one attached hydrogen (secondary N) is 1. The van der Waals surface area contributed by atoms with Gasteiger partial charge in [-0.15, -0.1) is 0 Å². The van der Waals surface area contributed by atoms with Gasteiger partial charge in [-0.05, 0) is 53.4 Å². The van der Waals surface area contributed by atoms with Gasteiger partial charge in [0.1, 0.15) is 5.75 Å².